The van der Waals surface area contributed by atoms with E-state index in [1.54, 1.807) is 19.1 Å². The molecule has 0 saturated heterocycles. The van der Waals surface area contributed by atoms with Gasteiger partial charge in [0, 0.05) is 7.05 Å². The number of carbonyl (C=O) groups excluding carboxylic acids is 1. The van der Waals surface area contributed by atoms with Crippen LogP contribution in [0.4, 0.5) is 0 Å². The first-order valence-corrected chi connectivity index (χ1v) is 6.13. The molecule has 1 N–H and O–H groups in total. The topological polar surface area (TPSA) is 83.4 Å². The zero-order chi connectivity index (χ0) is 14.6. The fourth-order valence-corrected chi connectivity index (χ4v) is 1.71. The van der Waals surface area contributed by atoms with E-state index in [1.807, 2.05) is 13.8 Å². The van der Waals surface area contributed by atoms with E-state index < -0.39 is 17.9 Å². The molecule has 1 unspecified atom stereocenters. The Kier molecular flexibility index (Phi) is 4.97. The van der Waals surface area contributed by atoms with Crippen LogP contribution in [0.3, 0.4) is 0 Å². The van der Waals surface area contributed by atoms with E-state index in [0.717, 1.165) is 0 Å². The summed E-state index contributed by atoms with van der Waals surface area (Å²) in [5.41, 5.74) is 0.860. The maximum absolute atomic E-state index is 12.1. The van der Waals surface area contributed by atoms with Crippen molar-refractivity contribution in [3.63, 3.8) is 0 Å². The van der Waals surface area contributed by atoms with Crippen LogP contribution in [0.5, 0.6) is 0 Å². The van der Waals surface area contributed by atoms with Gasteiger partial charge in [-0.05, 0) is 31.4 Å². The standard InChI is InChI=1S/C13H19N3O3/c1-8(2)7-11(13(18)19)16(4)12(17)10-6-5-9(3)14-15-10/h5-6,8,11H,7H2,1-4H3,(H,18,19). The molecule has 1 aromatic rings. The van der Waals surface area contributed by atoms with Crippen LogP contribution in [-0.4, -0.2) is 45.2 Å². The summed E-state index contributed by atoms with van der Waals surface area (Å²) < 4.78 is 0. The number of aliphatic carboxylic acids is 1. The second-order valence-electron chi connectivity index (χ2n) is 4.96. The molecule has 0 saturated carbocycles. The minimum atomic E-state index is -1.01. The van der Waals surface area contributed by atoms with Gasteiger partial charge in [-0.1, -0.05) is 13.8 Å². The van der Waals surface area contributed by atoms with E-state index in [1.165, 1.54) is 11.9 Å². The van der Waals surface area contributed by atoms with Crippen LogP contribution >= 0.6 is 0 Å². The van der Waals surface area contributed by atoms with Crippen LogP contribution in [0.2, 0.25) is 0 Å². The Balaban J connectivity index is 2.90. The number of likely N-dealkylation sites (N-methyl/N-ethyl adjacent to an activating group) is 1. The van der Waals surface area contributed by atoms with Gasteiger partial charge in [0.1, 0.15) is 6.04 Å². The zero-order valence-electron chi connectivity index (χ0n) is 11.6. The molecule has 104 valence electrons. The van der Waals surface area contributed by atoms with Gasteiger partial charge in [-0.2, -0.15) is 5.10 Å². The molecule has 0 aromatic carbocycles. The van der Waals surface area contributed by atoms with Gasteiger partial charge < -0.3 is 10.0 Å². The maximum Gasteiger partial charge on any atom is 0.326 e. The van der Waals surface area contributed by atoms with Gasteiger partial charge in [-0.15, -0.1) is 5.10 Å². The summed E-state index contributed by atoms with van der Waals surface area (Å²) in [6.07, 6.45) is 0.400. The molecule has 1 aromatic heterocycles. The molecule has 6 nitrogen and oxygen atoms in total. The first-order valence-electron chi connectivity index (χ1n) is 6.13. The fraction of sp³-hybridized carbons (Fsp3) is 0.538. The Morgan fingerprint density at radius 1 is 1.32 bits per heavy atom. The summed E-state index contributed by atoms with van der Waals surface area (Å²) in [5, 5.41) is 16.8. The molecule has 1 atom stereocenters. The van der Waals surface area contributed by atoms with E-state index >= 15 is 0 Å². The van der Waals surface area contributed by atoms with Crippen molar-refractivity contribution in [2.24, 2.45) is 5.92 Å². The maximum atomic E-state index is 12.1. The van der Waals surface area contributed by atoms with Gasteiger partial charge in [0.25, 0.3) is 5.91 Å². The monoisotopic (exact) mass is 265 g/mol. The van der Waals surface area contributed by atoms with Gasteiger partial charge in [0.05, 0.1) is 5.69 Å². The Hall–Kier alpha value is -1.98. The fourth-order valence-electron chi connectivity index (χ4n) is 1.71. The average molecular weight is 265 g/mol. The van der Waals surface area contributed by atoms with Crippen LogP contribution < -0.4 is 0 Å². The van der Waals surface area contributed by atoms with Gasteiger partial charge in [-0.3, -0.25) is 4.79 Å². The Morgan fingerprint density at radius 2 is 1.95 bits per heavy atom. The average Bonchev–Trinajstić information content (AvgIpc) is 2.34. The molecule has 19 heavy (non-hydrogen) atoms. The van der Waals surface area contributed by atoms with Crippen molar-refractivity contribution in [1.82, 2.24) is 15.1 Å². The Labute approximate surface area is 112 Å². The predicted octanol–water partition coefficient (Wildman–Crippen LogP) is 1.36. The van der Waals surface area contributed by atoms with E-state index in [0.29, 0.717) is 12.1 Å². The summed E-state index contributed by atoms with van der Waals surface area (Å²) in [4.78, 5) is 24.6. The molecule has 0 bridgehead atoms. The number of aryl methyl sites for hydroxylation is 1. The van der Waals surface area contributed by atoms with Crippen molar-refractivity contribution >= 4 is 11.9 Å². The molecule has 0 aliphatic heterocycles. The largest absolute Gasteiger partial charge is 0.480 e. The predicted molar refractivity (Wildman–Crippen MR) is 69.7 cm³/mol. The van der Waals surface area contributed by atoms with E-state index in [9.17, 15) is 14.7 Å². The zero-order valence-corrected chi connectivity index (χ0v) is 11.6. The number of amides is 1. The lowest BCUT2D eigenvalue weighted by molar-refractivity contribution is -0.142. The molecule has 0 fully saturated rings. The number of hydrogen-bond donors (Lipinski definition) is 1. The first kappa shape index (κ1) is 15.1. The number of nitrogens with zero attached hydrogens (tertiary/aromatic N) is 3. The van der Waals surface area contributed by atoms with Crippen molar-refractivity contribution in [1.29, 1.82) is 0 Å². The molecular weight excluding hydrogens is 246 g/mol. The molecule has 1 heterocycles. The van der Waals surface area contributed by atoms with Crippen LogP contribution in [0.15, 0.2) is 12.1 Å². The van der Waals surface area contributed by atoms with Gasteiger partial charge in [-0.25, -0.2) is 4.79 Å². The van der Waals surface area contributed by atoms with E-state index in [2.05, 4.69) is 10.2 Å². The highest BCUT2D eigenvalue weighted by Crippen LogP contribution is 2.13. The quantitative estimate of drug-likeness (QED) is 0.869. The summed E-state index contributed by atoms with van der Waals surface area (Å²) in [5.74, 6) is -1.26. The second-order valence-corrected chi connectivity index (χ2v) is 4.96. The highest BCUT2D eigenvalue weighted by atomic mass is 16.4. The molecule has 0 radical (unpaired) electrons. The minimum absolute atomic E-state index is 0.156. The summed E-state index contributed by atoms with van der Waals surface area (Å²) in [7, 11) is 1.48. The SMILES string of the molecule is Cc1ccc(C(=O)N(C)C(CC(C)C)C(=O)O)nn1. The number of aromatic nitrogens is 2. The smallest absolute Gasteiger partial charge is 0.326 e. The lowest BCUT2D eigenvalue weighted by Gasteiger charge is -2.25. The molecule has 1 amide bonds. The van der Waals surface area contributed by atoms with Crippen molar-refractivity contribution in [2.75, 3.05) is 7.05 Å². The summed E-state index contributed by atoms with van der Waals surface area (Å²) in [6, 6.07) is 2.37. The molecular formula is C13H19N3O3. The van der Waals surface area contributed by atoms with Crippen molar-refractivity contribution in [3.8, 4) is 0 Å². The molecule has 1 rings (SSSR count). The normalized spacial score (nSPS) is 12.3. The van der Waals surface area contributed by atoms with Gasteiger partial charge >= 0.3 is 5.97 Å². The van der Waals surface area contributed by atoms with Gasteiger partial charge in [0.2, 0.25) is 0 Å². The minimum Gasteiger partial charge on any atom is -0.480 e. The third-order valence-corrected chi connectivity index (χ3v) is 2.78. The highest BCUT2D eigenvalue weighted by molar-refractivity contribution is 5.94. The first-order chi connectivity index (χ1) is 8.82. The van der Waals surface area contributed by atoms with Crippen LogP contribution in [0.1, 0.15) is 36.5 Å². The van der Waals surface area contributed by atoms with Crippen molar-refractivity contribution < 1.29 is 14.7 Å². The number of carbonyl (C=O) groups is 2. The lowest BCUT2D eigenvalue weighted by Crippen LogP contribution is -2.43. The Morgan fingerprint density at radius 3 is 2.37 bits per heavy atom. The van der Waals surface area contributed by atoms with Crippen molar-refractivity contribution in [2.45, 2.75) is 33.2 Å². The van der Waals surface area contributed by atoms with Gasteiger partial charge in [0.15, 0.2) is 5.69 Å². The summed E-state index contributed by atoms with van der Waals surface area (Å²) >= 11 is 0. The van der Waals surface area contributed by atoms with Crippen molar-refractivity contribution in [3.05, 3.63) is 23.5 Å². The van der Waals surface area contributed by atoms with Crippen LogP contribution in [-0.2, 0) is 4.79 Å². The third-order valence-electron chi connectivity index (χ3n) is 2.78. The molecule has 0 aliphatic carbocycles. The second kappa shape index (κ2) is 6.26. The third kappa shape index (κ3) is 4.01. The molecule has 0 aliphatic rings. The van der Waals surface area contributed by atoms with Crippen LogP contribution in [0, 0.1) is 12.8 Å². The van der Waals surface area contributed by atoms with E-state index in [4.69, 9.17) is 0 Å². The van der Waals surface area contributed by atoms with E-state index in [-0.39, 0.29) is 11.6 Å². The highest BCUT2D eigenvalue weighted by Gasteiger charge is 2.28. The number of rotatable bonds is 5. The lowest BCUT2D eigenvalue weighted by atomic mass is 10.0. The number of hydrogen-bond acceptors (Lipinski definition) is 4. The van der Waals surface area contributed by atoms with Crippen LogP contribution in [0.25, 0.3) is 0 Å². The number of carboxylic acid groups (broad SMARTS) is 1. The summed E-state index contributed by atoms with van der Waals surface area (Å²) in [6.45, 7) is 5.60. The Bertz CT molecular complexity index is 457. The number of carboxylic acids is 1. The molecule has 0 spiro atoms. The molecule has 6 heteroatoms.